The van der Waals surface area contributed by atoms with Gasteiger partial charge in [-0.2, -0.15) is 0 Å². The third-order valence-corrected chi connectivity index (χ3v) is 6.71. The summed E-state index contributed by atoms with van der Waals surface area (Å²) < 4.78 is 23.8. The molecule has 1 aliphatic carbocycles. The monoisotopic (exact) mass is 413 g/mol. The molecular formula is C22H27N3O3S. The smallest absolute Gasteiger partial charge is 0.253 e. The highest BCUT2D eigenvalue weighted by Crippen LogP contribution is 2.44. The largest absolute Gasteiger partial charge is 0.336 e. The molecule has 1 amide bonds. The molecule has 0 bridgehead atoms. The van der Waals surface area contributed by atoms with Gasteiger partial charge in [-0.3, -0.25) is 14.4 Å². The first-order valence-corrected chi connectivity index (χ1v) is 11.4. The van der Waals surface area contributed by atoms with Crippen LogP contribution in [0.5, 0.6) is 0 Å². The number of carbonyl (C=O) groups is 1. The van der Waals surface area contributed by atoms with Crippen molar-refractivity contribution in [3.63, 3.8) is 0 Å². The van der Waals surface area contributed by atoms with E-state index in [4.69, 9.17) is 0 Å². The van der Waals surface area contributed by atoms with E-state index in [0.29, 0.717) is 24.3 Å². The molecule has 2 fully saturated rings. The Hall–Kier alpha value is -2.38. The van der Waals surface area contributed by atoms with Gasteiger partial charge in [0.05, 0.1) is 0 Å². The highest BCUT2D eigenvalue weighted by molar-refractivity contribution is 7.73. The number of nitrogens with zero attached hydrogens (tertiary/aromatic N) is 2. The number of hydrogen-bond acceptors (Lipinski definition) is 4. The lowest BCUT2D eigenvalue weighted by Crippen LogP contribution is -2.55. The van der Waals surface area contributed by atoms with E-state index in [9.17, 15) is 13.2 Å². The average Bonchev–Trinajstić information content (AvgIpc) is 3.25. The van der Waals surface area contributed by atoms with Gasteiger partial charge in [-0.1, -0.05) is 43.2 Å². The van der Waals surface area contributed by atoms with Gasteiger partial charge in [0, 0.05) is 43.0 Å². The van der Waals surface area contributed by atoms with E-state index < -0.39 is 10.9 Å². The zero-order chi connectivity index (χ0) is 20.3. The zero-order valence-electron chi connectivity index (χ0n) is 16.4. The van der Waals surface area contributed by atoms with Crippen LogP contribution < -0.4 is 4.72 Å². The third-order valence-electron chi connectivity index (χ3n) is 6.27. The minimum absolute atomic E-state index is 0.00268. The highest BCUT2D eigenvalue weighted by Gasteiger charge is 2.42. The van der Waals surface area contributed by atoms with Crippen LogP contribution in [-0.4, -0.2) is 50.3 Å². The van der Waals surface area contributed by atoms with Gasteiger partial charge in [0.2, 0.25) is 10.9 Å². The number of rotatable bonds is 5. The van der Waals surface area contributed by atoms with Gasteiger partial charge in [0.25, 0.3) is 5.91 Å². The molecule has 0 atom stereocenters. The molecule has 0 radical (unpaired) electrons. The van der Waals surface area contributed by atoms with Crippen LogP contribution in [0, 0.1) is 0 Å². The second-order valence-electron chi connectivity index (χ2n) is 7.83. The molecule has 0 aromatic heterocycles. The van der Waals surface area contributed by atoms with Crippen LogP contribution in [0.15, 0.2) is 54.6 Å². The lowest BCUT2D eigenvalue weighted by molar-refractivity contribution is 0.0278. The first-order chi connectivity index (χ1) is 14.1. The van der Waals surface area contributed by atoms with Crippen molar-refractivity contribution in [3.8, 4) is 0 Å². The van der Waals surface area contributed by atoms with Crippen molar-refractivity contribution in [3.05, 3.63) is 65.7 Å². The summed E-state index contributed by atoms with van der Waals surface area (Å²) in [5.74, 6) is 0.00268. The van der Waals surface area contributed by atoms with Crippen molar-refractivity contribution < 1.29 is 13.2 Å². The predicted octanol–water partition coefficient (Wildman–Crippen LogP) is 2.85. The quantitative estimate of drug-likeness (QED) is 0.740. The standard InChI is InChI=1S/C22H27N3O3S/c26-21(18-8-10-20(11-9-18)23-29(27)28)24-14-16-25(17-15-24)22(12-4-5-13-22)19-6-2-1-3-7-19/h1-3,6-11,29H,4-5,12-17H2,(H,23,27,28). The molecular weight excluding hydrogens is 386 g/mol. The van der Waals surface area contributed by atoms with Crippen molar-refractivity contribution in [2.45, 2.75) is 31.2 Å². The van der Waals surface area contributed by atoms with E-state index in [2.05, 4.69) is 40.0 Å². The van der Waals surface area contributed by atoms with Crippen LogP contribution in [0.1, 0.15) is 41.6 Å². The molecule has 1 saturated carbocycles. The summed E-state index contributed by atoms with van der Waals surface area (Å²) >= 11 is 0. The molecule has 1 aliphatic heterocycles. The molecule has 4 rings (SSSR count). The SMILES string of the molecule is O=C(c1ccc(N[SH](=O)=O)cc1)N1CCN(C2(c3ccccc3)CCCC2)CC1. The summed E-state index contributed by atoms with van der Waals surface area (Å²) in [6, 6.07) is 17.4. The molecule has 2 aromatic rings. The van der Waals surface area contributed by atoms with Gasteiger partial charge in [0.15, 0.2) is 0 Å². The minimum atomic E-state index is -2.70. The van der Waals surface area contributed by atoms with Crippen LogP contribution in [0.3, 0.4) is 0 Å². The number of piperazine rings is 1. The van der Waals surface area contributed by atoms with E-state index in [0.717, 1.165) is 13.1 Å². The third kappa shape index (κ3) is 4.16. The molecule has 1 heterocycles. The van der Waals surface area contributed by atoms with E-state index in [-0.39, 0.29) is 11.4 Å². The maximum Gasteiger partial charge on any atom is 0.253 e. The van der Waals surface area contributed by atoms with Gasteiger partial charge in [-0.25, -0.2) is 8.42 Å². The van der Waals surface area contributed by atoms with Crippen molar-refractivity contribution in [1.82, 2.24) is 9.80 Å². The van der Waals surface area contributed by atoms with Crippen molar-refractivity contribution in [1.29, 1.82) is 0 Å². The molecule has 7 heteroatoms. The summed E-state index contributed by atoms with van der Waals surface area (Å²) in [5, 5.41) is 0. The van der Waals surface area contributed by atoms with Crippen molar-refractivity contribution in [2.24, 2.45) is 0 Å². The van der Waals surface area contributed by atoms with Gasteiger partial charge >= 0.3 is 0 Å². The maximum absolute atomic E-state index is 12.9. The minimum Gasteiger partial charge on any atom is -0.336 e. The summed E-state index contributed by atoms with van der Waals surface area (Å²) in [7, 11) is -2.70. The van der Waals surface area contributed by atoms with Gasteiger partial charge in [-0.05, 0) is 42.7 Å². The van der Waals surface area contributed by atoms with E-state index in [1.807, 2.05) is 4.90 Å². The summed E-state index contributed by atoms with van der Waals surface area (Å²) in [5.41, 5.74) is 2.56. The Balaban J connectivity index is 1.43. The topological polar surface area (TPSA) is 69.7 Å². The molecule has 0 spiro atoms. The van der Waals surface area contributed by atoms with Crippen molar-refractivity contribution >= 4 is 22.5 Å². The van der Waals surface area contributed by atoms with Gasteiger partial charge < -0.3 is 4.90 Å². The van der Waals surface area contributed by atoms with E-state index in [1.165, 1.54) is 31.2 Å². The summed E-state index contributed by atoms with van der Waals surface area (Å²) in [6.07, 6.45) is 4.87. The first kappa shape index (κ1) is 19.9. The second-order valence-corrected chi connectivity index (χ2v) is 8.57. The van der Waals surface area contributed by atoms with E-state index in [1.54, 1.807) is 24.3 Å². The fraction of sp³-hybridized carbons (Fsp3) is 0.409. The lowest BCUT2D eigenvalue weighted by Gasteiger charge is -2.46. The Morgan fingerprint density at radius 1 is 0.862 bits per heavy atom. The number of hydrogen-bond donors (Lipinski definition) is 2. The fourth-order valence-electron chi connectivity index (χ4n) is 4.81. The molecule has 6 nitrogen and oxygen atoms in total. The number of nitrogens with one attached hydrogen (secondary N) is 1. The van der Waals surface area contributed by atoms with Crippen molar-refractivity contribution in [2.75, 3.05) is 30.9 Å². The second kappa shape index (κ2) is 8.55. The summed E-state index contributed by atoms with van der Waals surface area (Å²) in [6.45, 7) is 3.16. The highest BCUT2D eigenvalue weighted by atomic mass is 32.2. The molecule has 2 aromatic carbocycles. The molecule has 0 unspecified atom stereocenters. The molecule has 1 saturated heterocycles. The number of carbonyl (C=O) groups excluding carboxylic acids is 1. The predicted molar refractivity (Wildman–Crippen MR) is 114 cm³/mol. The van der Waals surface area contributed by atoms with Gasteiger partial charge in [0.1, 0.15) is 0 Å². The Kier molecular flexibility index (Phi) is 5.87. The van der Waals surface area contributed by atoms with Crippen LogP contribution >= 0.6 is 0 Å². The number of thiol groups is 1. The van der Waals surface area contributed by atoms with Crippen LogP contribution in [0.25, 0.3) is 0 Å². The Labute approximate surface area is 173 Å². The van der Waals surface area contributed by atoms with E-state index >= 15 is 0 Å². The Bertz CT molecular complexity index is 906. The summed E-state index contributed by atoms with van der Waals surface area (Å²) in [4.78, 5) is 17.4. The molecule has 1 N–H and O–H groups in total. The number of anilines is 1. The van der Waals surface area contributed by atoms with Gasteiger partial charge in [-0.15, -0.1) is 0 Å². The number of amides is 1. The zero-order valence-corrected chi connectivity index (χ0v) is 17.3. The van der Waals surface area contributed by atoms with Crippen LogP contribution in [-0.2, 0) is 16.4 Å². The number of benzene rings is 2. The Morgan fingerprint density at radius 3 is 2.07 bits per heavy atom. The van der Waals surface area contributed by atoms with Crippen LogP contribution in [0.2, 0.25) is 0 Å². The fourth-order valence-corrected chi connectivity index (χ4v) is 5.17. The molecule has 154 valence electrons. The lowest BCUT2D eigenvalue weighted by atomic mass is 9.85. The normalized spacial score (nSPS) is 19.4. The Morgan fingerprint density at radius 2 is 1.48 bits per heavy atom. The van der Waals surface area contributed by atoms with Crippen LogP contribution in [0.4, 0.5) is 5.69 Å². The average molecular weight is 414 g/mol. The molecule has 29 heavy (non-hydrogen) atoms. The first-order valence-electron chi connectivity index (χ1n) is 10.2. The maximum atomic E-state index is 12.9. The molecule has 2 aliphatic rings.